The highest BCUT2D eigenvalue weighted by Crippen LogP contribution is 2.17. The van der Waals surface area contributed by atoms with E-state index in [1.54, 1.807) is 37.6 Å². The number of rotatable bonds is 6. The van der Waals surface area contributed by atoms with E-state index in [9.17, 15) is 4.39 Å². The Morgan fingerprint density at radius 2 is 2.32 bits per heavy atom. The predicted octanol–water partition coefficient (Wildman–Crippen LogP) is 1.09. The molecule has 0 aliphatic carbocycles. The number of ether oxygens (including phenoxy) is 1. The van der Waals surface area contributed by atoms with Crippen LogP contribution in [0.5, 0.6) is 0 Å². The quantitative estimate of drug-likeness (QED) is 0.782. The molecule has 0 aromatic carbocycles. The number of aromatic nitrogens is 4. The summed E-state index contributed by atoms with van der Waals surface area (Å²) >= 11 is 0. The van der Waals surface area contributed by atoms with E-state index in [-0.39, 0.29) is 5.82 Å². The van der Waals surface area contributed by atoms with E-state index < -0.39 is 0 Å². The summed E-state index contributed by atoms with van der Waals surface area (Å²) in [7, 11) is 3.44. The number of pyridine rings is 1. The highest BCUT2D eigenvalue weighted by atomic mass is 19.1. The molecule has 0 spiro atoms. The van der Waals surface area contributed by atoms with Gasteiger partial charge in [-0.05, 0) is 6.07 Å². The number of nitrogens with zero attached hydrogens (tertiary/aromatic N) is 5. The highest BCUT2D eigenvalue weighted by molar-refractivity contribution is 5.45. The third-order valence-electron chi connectivity index (χ3n) is 2.77. The number of hydrogen-bond acceptors (Lipinski definition) is 5. The van der Waals surface area contributed by atoms with Crippen molar-refractivity contribution < 1.29 is 9.13 Å². The van der Waals surface area contributed by atoms with Gasteiger partial charge in [-0.2, -0.15) is 0 Å². The summed E-state index contributed by atoms with van der Waals surface area (Å²) < 4.78 is 20.5. The first kappa shape index (κ1) is 13.4. The molecule has 2 aromatic heterocycles. The van der Waals surface area contributed by atoms with E-state index in [1.807, 2.05) is 4.57 Å². The Morgan fingerprint density at radius 3 is 3.05 bits per heavy atom. The molecule has 0 amide bonds. The fourth-order valence-corrected chi connectivity index (χ4v) is 1.75. The molecule has 6 nitrogen and oxygen atoms in total. The van der Waals surface area contributed by atoms with Crippen LogP contribution in [0.1, 0.15) is 5.82 Å². The van der Waals surface area contributed by atoms with Crippen LogP contribution in [-0.4, -0.2) is 40.5 Å². The molecule has 0 aliphatic heterocycles. The lowest BCUT2D eigenvalue weighted by Crippen LogP contribution is -2.21. The first-order valence-electron chi connectivity index (χ1n) is 5.88. The molecule has 0 radical (unpaired) electrons. The Bertz CT molecular complexity index is 530. The first-order valence-corrected chi connectivity index (χ1v) is 5.88. The molecule has 0 fully saturated rings. The van der Waals surface area contributed by atoms with Crippen molar-refractivity contribution in [2.24, 2.45) is 0 Å². The monoisotopic (exact) mass is 265 g/mol. The highest BCUT2D eigenvalue weighted by Gasteiger charge is 2.11. The lowest BCUT2D eigenvalue weighted by Gasteiger charge is -2.19. The molecule has 2 aromatic rings. The van der Waals surface area contributed by atoms with Gasteiger partial charge < -0.3 is 14.2 Å². The average molecular weight is 265 g/mol. The summed E-state index contributed by atoms with van der Waals surface area (Å²) in [5.74, 6) is 0.406. The van der Waals surface area contributed by atoms with E-state index in [2.05, 4.69) is 15.2 Å². The maximum atomic E-state index is 13.6. The van der Waals surface area contributed by atoms with Crippen molar-refractivity contribution in [1.29, 1.82) is 0 Å². The van der Waals surface area contributed by atoms with Gasteiger partial charge in [0.1, 0.15) is 6.33 Å². The molecule has 102 valence electrons. The van der Waals surface area contributed by atoms with Gasteiger partial charge in [0.2, 0.25) is 0 Å². The minimum Gasteiger partial charge on any atom is -0.383 e. The van der Waals surface area contributed by atoms with Crippen molar-refractivity contribution >= 4 is 5.69 Å². The van der Waals surface area contributed by atoms with Crippen molar-refractivity contribution in [3.63, 3.8) is 0 Å². The van der Waals surface area contributed by atoms with Gasteiger partial charge in [0.05, 0.1) is 25.0 Å². The molecular formula is C12H16FN5O. The normalized spacial score (nSPS) is 10.7. The van der Waals surface area contributed by atoms with Crippen LogP contribution in [0, 0.1) is 5.82 Å². The summed E-state index contributed by atoms with van der Waals surface area (Å²) in [6.45, 7) is 1.72. The third kappa shape index (κ3) is 3.25. The third-order valence-corrected chi connectivity index (χ3v) is 2.77. The van der Waals surface area contributed by atoms with Crippen LogP contribution >= 0.6 is 0 Å². The van der Waals surface area contributed by atoms with Crippen molar-refractivity contribution in [1.82, 2.24) is 19.7 Å². The van der Waals surface area contributed by atoms with Gasteiger partial charge in [-0.25, -0.2) is 4.39 Å². The summed E-state index contributed by atoms with van der Waals surface area (Å²) in [4.78, 5) is 5.50. The van der Waals surface area contributed by atoms with Gasteiger partial charge >= 0.3 is 0 Å². The fourth-order valence-electron chi connectivity index (χ4n) is 1.75. The van der Waals surface area contributed by atoms with Gasteiger partial charge in [-0.1, -0.05) is 0 Å². The van der Waals surface area contributed by atoms with Gasteiger partial charge in [-0.15, -0.1) is 10.2 Å². The van der Waals surface area contributed by atoms with E-state index >= 15 is 0 Å². The Labute approximate surface area is 110 Å². The molecule has 0 atom stereocenters. The van der Waals surface area contributed by atoms with E-state index in [1.165, 1.54) is 6.20 Å². The summed E-state index contributed by atoms with van der Waals surface area (Å²) in [5.41, 5.74) is 0.483. The van der Waals surface area contributed by atoms with Crippen LogP contribution in [0.15, 0.2) is 24.8 Å². The smallest absolute Gasteiger partial charge is 0.164 e. The van der Waals surface area contributed by atoms with Crippen LogP contribution in [0.3, 0.4) is 0 Å². The van der Waals surface area contributed by atoms with Crippen LogP contribution in [-0.2, 0) is 17.8 Å². The van der Waals surface area contributed by atoms with Crippen molar-refractivity contribution in [2.75, 3.05) is 25.7 Å². The molecule has 0 unspecified atom stereocenters. The average Bonchev–Trinajstić information content (AvgIpc) is 2.84. The Balaban J connectivity index is 2.09. The van der Waals surface area contributed by atoms with Gasteiger partial charge in [-0.3, -0.25) is 4.98 Å². The zero-order chi connectivity index (χ0) is 13.7. The van der Waals surface area contributed by atoms with Crippen LogP contribution in [0.2, 0.25) is 0 Å². The van der Waals surface area contributed by atoms with E-state index in [4.69, 9.17) is 4.74 Å². The molecule has 19 heavy (non-hydrogen) atoms. The molecule has 2 rings (SSSR count). The SMILES string of the molecule is COCCn1cnnc1CN(C)c1ccncc1F. The van der Waals surface area contributed by atoms with Gasteiger partial charge in [0, 0.05) is 26.9 Å². The second-order valence-electron chi connectivity index (χ2n) is 4.12. The molecule has 0 aliphatic rings. The summed E-state index contributed by atoms with van der Waals surface area (Å²) in [6.07, 6.45) is 4.40. The minimum atomic E-state index is -0.354. The van der Waals surface area contributed by atoms with Gasteiger partial charge in [0.15, 0.2) is 11.6 Å². The maximum Gasteiger partial charge on any atom is 0.164 e. The molecule has 0 saturated carbocycles. The molecule has 0 N–H and O–H groups in total. The Morgan fingerprint density at radius 1 is 1.47 bits per heavy atom. The molecular weight excluding hydrogens is 249 g/mol. The first-order chi connectivity index (χ1) is 9.22. The Hall–Kier alpha value is -2.02. The van der Waals surface area contributed by atoms with Crippen LogP contribution in [0.4, 0.5) is 10.1 Å². The number of halogens is 1. The number of hydrogen-bond donors (Lipinski definition) is 0. The zero-order valence-corrected chi connectivity index (χ0v) is 11.0. The number of anilines is 1. The Kier molecular flexibility index (Phi) is 4.40. The van der Waals surface area contributed by atoms with Gasteiger partial charge in [0.25, 0.3) is 0 Å². The lowest BCUT2D eigenvalue weighted by molar-refractivity contribution is 0.186. The second kappa shape index (κ2) is 6.24. The fraction of sp³-hybridized carbons (Fsp3) is 0.417. The minimum absolute atomic E-state index is 0.354. The molecule has 0 bridgehead atoms. The molecule has 2 heterocycles. The standard InChI is InChI=1S/C12H16FN5O/c1-17(11-3-4-14-7-10(11)13)8-12-16-15-9-18(12)5-6-19-2/h3-4,7,9H,5-6,8H2,1-2H3. The largest absolute Gasteiger partial charge is 0.383 e. The zero-order valence-electron chi connectivity index (χ0n) is 11.0. The summed E-state index contributed by atoms with van der Waals surface area (Å²) in [6, 6.07) is 1.63. The van der Waals surface area contributed by atoms with Crippen LogP contribution < -0.4 is 4.90 Å². The second-order valence-corrected chi connectivity index (χ2v) is 4.12. The van der Waals surface area contributed by atoms with Crippen molar-refractivity contribution in [3.8, 4) is 0 Å². The lowest BCUT2D eigenvalue weighted by atomic mass is 10.3. The molecule has 0 saturated heterocycles. The van der Waals surface area contributed by atoms with Crippen molar-refractivity contribution in [2.45, 2.75) is 13.1 Å². The summed E-state index contributed by atoms with van der Waals surface area (Å²) in [5, 5.41) is 7.91. The predicted molar refractivity (Wildman–Crippen MR) is 68.2 cm³/mol. The molecule has 7 heteroatoms. The van der Waals surface area contributed by atoms with Crippen molar-refractivity contribution in [3.05, 3.63) is 36.4 Å². The van der Waals surface area contributed by atoms with Crippen LogP contribution in [0.25, 0.3) is 0 Å². The maximum absolute atomic E-state index is 13.6. The van der Waals surface area contributed by atoms with E-state index in [0.29, 0.717) is 25.4 Å². The number of methoxy groups -OCH3 is 1. The topological polar surface area (TPSA) is 56.1 Å². The van der Waals surface area contributed by atoms with E-state index in [0.717, 1.165) is 5.82 Å².